The molecular formula is C22H19F3N2O8S. The molecule has 3 N–H and O–H groups in total. The molecule has 2 heterocycles. The summed E-state index contributed by atoms with van der Waals surface area (Å²) in [5.41, 5.74) is 0.687. The van der Waals surface area contributed by atoms with Gasteiger partial charge in [-0.15, -0.1) is 11.3 Å². The molecule has 192 valence electrons. The topological polar surface area (TPSA) is 148 Å². The number of Topliss-reactive ketones (excluding diaryl/α,β-unsaturated/α-hetero) is 2. The van der Waals surface area contributed by atoms with E-state index in [4.69, 9.17) is 4.74 Å². The molecule has 0 radical (unpaired) electrons. The fourth-order valence-electron chi connectivity index (χ4n) is 3.17. The molecule has 3 rings (SSSR count). The van der Waals surface area contributed by atoms with Gasteiger partial charge in [-0.3, -0.25) is 14.4 Å². The van der Waals surface area contributed by atoms with E-state index in [1.54, 1.807) is 6.07 Å². The maximum Gasteiger partial charge on any atom is 0.491 e. The molecule has 0 aliphatic carbocycles. The lowest BCUT2D eigenvalue weighted by molar-refractivity contribution is -0.203. The third kappa shape index (κ3) is 6.46. The van der Waals surface area contributed by atoms with Crippen molar-refractivity contribution in [2.45, 2.75) is 32.2 Å². The summed E-state index contributed by atoms with van der Waals surface area (Å²) in [7, 11) is 0. The van der Waals surface area contributed by atoms with E-state index >= 15 is 0 Å². The predicted octanol–water partition coefficient (Wildman–Crippen LogP) is 1.68. The smallest absolute Gasteiger partial charge is 0.491 e. The van der Waals surface area contributed by atoms with Gasteiger partial charge in [-0.1, -0.05) is 0 Å². The molecule has 0 fully saturated rings. The van der Waals surface area contributed by atoms with Crippen molar-refractivity contribution >= 4 is 40.7 Å². The molecule has 1 unspecified atom stereocenters. The number of benzene rings is 1. The van der Waals surface area contributed by atoms with E-state index in [2.05, 4.69) is 15.4 Å². The molecule has 10 nitrogen and oxygen atoms in total. The van der Waals surface area contributed by atoms with E-state index in [1.165, 1.54) is 11.3 Å². The highest BCUT2D eigenvalue weighted by Gasteiger charge is 2.44. The normalized spacial score (nSPS) is 13.8. The van der Waals surface area contributed by atoms with Crippen LogP contribution in [0, 0.1) is 0 Å². The Bertz CT molecular complexity index is 1200. The molecule has 14 heteroatoms. The number of aromatic hydroxyl groups is 1. The first-order valence-corrected chi connectivity index (χ1v) is 11.1. The lowest BCUT2D eigenvalue weighted by Gasteiger charge is -2.17. The minimum atomic E-state index is -5.50. The van der Waals surface area contributed by atoms with Gasteiger partial charge in [0.25, 0.3) is 12.0 Å². The average molecular weight is 528 g/mol. The SMILES string of the molecule is CC(=O)C(Oc1cc(O)ccc1C(=O)CNC(=O)c1cc2c(s1)CCNC2)C(=O)OC(=O)C(F)(F)F. The number of hydrogen-bond donors (Lipinski definition) is 3. The van der Waals surface area contributed by atoms with Crippen LogP contribution in [0.4, 0.5) is 13.2 Å². The number of carbonyl (C=O) groups excluding carboxylic acids is 5. The molecule has 1 atom stereocenters. The van der Waals surface area contributed by atoms with Crippen LogP contribution < -0.4 is 15.4 Å². The number of nitrogens with one attached hydrogen (secondary N) is 2. The Morgan fingerprint density at radius 3 is 2.56 bits per heavy atom. The highest BCUT2D eigenvalue weighted by molar-refractivity contribution is 7.14. The molecule has 0 spiro atoms. The summed E-state index contributed by atoms with van der Waals surface area (Å²) in [4.78, 5) is 61.4. The summed E-state index contributed by atoms with van der Waals surface area (Å²) in [6, 6.07) is 4.70. The highest BCUT2D eigenvalue weighted by atomic mass is 32.1. The first kappa shape index (κ1) is 26.8. The van der Waals surface area contributed by atoms with Crippen molar-refractivity contribution < 1.29 is 51.7 Å². The van der Waals surface area contributed by atoms with Crippen LogP contribution in [0.15, 0.2) is 24.3 Å². The summed E-state index contributed by atoms with van der Waals surface area (Å²) in [5, 5.41) is 15.4. The Labute approximate surface area is 205 Å². The molecule has 0 saturated heterocycles. The Hall–Kier alpha value is -3.78. The van der Waals surface area contributed by atoms with Gasteiger partial charge in [0.1, 0.15) is 11.5 Å². The van der Waals surface area contributed by atoms with Crippen LogP contribution in [0.3, 0.4) is 0 Å². The van der Waals surface area contributed by atoms with Crippen LogP contribution in [0.2, 0.25) is 0 Å². The van der Waals surface area contributed by atoms with Crippen molar-refractivity contribution in [2.75, 3.05) is 13.1 Å². The number of fused-ring (bicyclic) bond motifs is 1. The lowest BCUT2D eigenvalue weighted by Crippen LogP contribution is -2.40. The van der Waals surface area contributed by atoms with E-state index in [1.807, 2.05) is 0 Å². The number of hydrogen-bond acceptors (Lipinski definition) is 10. The zero-order valence-electron chi connectivity index (χ0n) is 18.6. The van der Waals surface area contributed by atoms with Gasteiger partial charge in [0, 0.05) is 24.0 Å². The van der Waals surface area contributed by atoms with Crippen molar-refractivity contribution in [3.8, 4) is 11.5 Å². The standard InChI is InChI=1S/C22H19F3N2O8S/c1-10(28)18(20(32)35-21(33)22(23,24)25)34-15-7-12(29)2-3-13(15)14(30)9-27-19(31)17-6-11-8-26-5-4-16(11)36-17/h2-3,6-7,18,26,29H,4-5,8-9H2,1H3,(H,27,31). The number of ketones is 2. The van der Waals surface area contributed by atoms with Crippen LogP contribution in [0.5, 0.6) is 11.5 Å². The largest absolute Gasteiger partial charge is 0.508 e. The minimum absolute atomic E-state index is 0.302. The molecule has 0 saturated carbocycles. The predicted molar refractivity (Wildman–Crippen MR) is 117 cm³/mol. The maximum atomic E-state index is 12.8. The molecule has 1 aromatic heterocycles. The van der Waals surface area contributed by atoms with E-state index in [-0.39, 0.29) is 5.56 Å². The maximum absolute atomic E-state index is 12.8. The molecule has 1 amide bonds. The fraction of sp³-hybridized carbons (Fsp3) is 0.318. The highest BCUT2D eigenvalue weighted by Crippen LogP contribution is 2.27. The molecule has 1 aliphatic heterocycles. The zero-order chi connectivity index (χ0) is 26.6. The second kappa shape index (κ2) is 10.9. The van der Waals surface area contributed by atoms with Gasteiger partial charge in [-0.2, -0.15) is 13.2 Å². The molecule has 1 aromatic carbocycles. The number of ether oxygens (including phenoxy) is 2. The first-order chi connectivity index (χ1) is 16.9. The first-order valence-electron chi connectivity index (χ1n) is 10.3. The Morgan fingerprint density at radius 1 is 1.19 bits per heavy atom. The van der Waals surface area contributed by atoms with E-state index in [9.17, 15) is 42.3 Å². The molecular weight excluding hydrogens is 509 g/mol. The number of phenolic OH excluding ortho intramolecular Hbond substituents is 1. The second-order valence-corrected chi connectivity index (χ2v) is 8.72. The molecule has 1 aliphatic rings. The van der Waals surface area contributed by atoms with Crippen LogP contribution in [0.25, 0.3) is 0 Å². The molecule has 0 bridgehead atoms. The Balaban J connectivity index is 1.73. The van der Waals surface area contributed by atoms with E-state index < -0.39 is 59.7 Å². The lowest BCUT2D eigenvalue weighted by atomic mass is 10.1. The van der Waals surface area contributed by atoms with Gasteiger partial charge >= 0.3 is 18.1 Å². The quantitative estimate of drug-likeness (QED) is 0.264. The van der Waals surface area contributed by atoms with E-state index in [0.29, 0.717) is 11.4 Å². The summed E-state index contributed by atoms with van der Waals surface area (Å²) in [5.74, 6) is -8.25. The number of phenols is 1. The third-order valence-corrected chi connectivity index (χ3v) is 6.13. The second-order valence-electron chi connectivity index (χ2n) is 7.59. The molecule has 2 aromatic rings. The summed E-state index contributed by atoms with van der Waals surface area (Å²) >= 11 is 1.30. The Kier molecular flexibility index (Phi) is 8.10. The van der Waals surface area contributed by atoms with Crippen molar-refractivity contribution in [1.82, 2.24) is 10.6 Å². The average Bonchev–Trinajstić information content (AvgIpc) is 3.24. The number of thiophene rings is 1. The fourth-order valence-corrected chi connectivity index (χ4v) is 4.27. The van der Waals surface area contributed by atoms with E-state index in [0.717, 1.165) is 48.5 Å². The summed E-state index contributed by atoms with van der Waals surface area (Å²) in [6.07, 6.45) is -7.07. The monoisotopic (exact) mass is 528 g/mol. The van der Waals surface area contributed by atoms with Crippen LogP contribution in [-0.4, -0.2) is 59.9 Å². The summed E-state index contributed by atoms with van der Waals surface area (Å²) in [6.45, 7) is 1.66. The van der Waals surface area contributed by atoms with Gasteiger partial charge in [-0.25, -0.2) is 9.59 Å². The number of rotatable bonds is 8. The number of alkyl halides is 3. The van der Waals surface area contributed by atoms with Gasteiger partial charge in [0.05, 0.1) is 17.0 Å². The van der Waals surface area contributed by atoms with Gasteiger partial charge < -0.3 is 25.2 Å². The number of halogens is 3. The Morgan fingerprint density at radius 2 is 1.92 bits per heavy atom. The van der Waals surface area contributed by atoms with Crippen molar-refractivity contribution in [3.63, 3.8) is 0 Å². The number of esters is 2. The molecule has 36 heavy (non-hydrogen) atoms. The third-order valence-electron chi connectivity index (χ3n) is 4.89. The number of amides is 1. The van der Waals surface area contributed by atoms with Crippen molar-refractivity contribution in [3.05, 3.63) is 45.1 Å². The number of carbonyl (C=O) groups is 5. The van der Waals surface area contributed by atoms with Crippen molar-refractivity contribution in [2.24, 2.45) is 0 Å². The van der Waals surface area contributed by atoms with Crippen LogP contribution >= 0.6 is 11.3 Å². The van der Waals surface area contributed by atoms with Gasteiger partial charge in [0.2, 0.25) is 0 Å². The van der Waals surface area contributed by atoms with Gasteiger partial charge in [0.15, 0.2) is 11.6 Å². The van der Waals surface area contributed by atoms with Crippen LogP contribution in [-0.2, 0) is 32.1 Å². The van der Waals surface area contributed by atoms with Crippen LogP contribution in [0.1, 0.15) is 37.4 Å². The summed E-state index contributed by atoms with van der Waals surface area (Å²) < 4.78 is 45.9. The van der Waals surface area contributed by atoms with Crippen molar-refractivity contribution in [1.29, 1.82) is 0 Å². The zero-order valence-corrected chi connectivity index (χ0v) is 19.4. The van der Waals surface area contributed by atoms with Gasteiger partial charge in [-0.05, 0) is 37.1 Å². The minimum Gasteiger partial charge on any atom is -0.508 e.